The Morgan fingerprint density at radius 3 is 2.57 bits per heavy atom. The predicted octanol–water partition coefficient (Wildman–Crippen LogP) is 3.06. The fourth-order valence-electron chi connectivity index (χ4n) is 2.85. The molecule has 0 spiro atoms. The van der Waals surface area contributed by atoms with E-state index in [-0.39, 0.29) is 5.91 Å². The van der Waals surface area contributed by atoms with E-state index >= 15 is 0 Å². The number of benzene rings is 1. The van der Waals surface area contributed by atoms with Gasteiger partial charge in [-0.1, -0.05) is 36.9 Å². The number of nitrogens with zero attached hydrogens (tertiary/aromatic N) is 4. The van der Waals surface area contributed by atoms with Gasteiger partial charge in [-0.3, -0.25) is 4.79 Å². The van der Waals surface area contributed by atoms with Gasteiger partial charge in [0.25, 0.3) is 0 Å². The first-order valence-electron chi connectivity index (χ1n) is 9.42. The number of carbonyl (C=O) groups excluding carboxylic acids is 1. The molecular formula is C19H27N5O2S2. The molecule has 2 aromatic rings. The summed E-state index contributed by atoms with van der Waals surface area (Å²) in [6.45, 7) is 8.32. The number of piperazine rings is 1. The summed E-state index contributed by atoms with van der Waals surface area (Å²) in [7, 11) is 1.67. The summed E-state index contributed by atoms with van der Waals surface area (Å²) in [4.78, 5) is 16.8. The monoisotopic (exact) mass is 421 g/mol. The van der Waals surface area contributed by atoms with Gasteiger partial charge in [0.1, 0.15) is 5.75 Å². The smallest absolute Gasteiger partial charge is 0.233 e. The first-order valence-corrected chi connectivity index (χ1v) is 11.2. The van der Waals surface area contributed by atoms with Crippen LogP contribution >= 0.6 is 23.1 Å². The van der Waals surface area contributed by atoms with Crippen molar-refractivity contribution in [1.29, 1.82) is 0 Å². The number of methoxy groups -OCH3 is 1. The first-order chi connectivity index (χ1) is 13.5. The largest absolute Gasteiger partial charge is 0.497 e. The molecular weight excluding hydrogens is 394 g/mol. The van der Waals surface area contributed by atoms with Crippen LogP contribution in [0.5, 0.6) is 5.75 Å². The second-order valence-electron chi connectivity index (χ2n) is 7.00. The normalized spacial score (nSPS) is 14.4. The van der Waals surface area contributed by atoms with Crippen molar-refractivity contribution in [3.63, 3.8) is 0 Å². The molecule has 9 heteroatoms. The van der Waals surface area contributed by atoms with Crippen molar-refractivity contribution in [2.45, 2.75) is 18.2 Å². The maximum Gasteiger partial charge on any atom is 0.233 e. The number of hydrogen-bond acceptors (Lipinski definition) is 8. The zero-order valence-electron chi connectivity index (χ0n) is 16.6. The molecule has 0 radical (unpaired) electrons. The number of aromatic nitrogens is 2. The number of ether oxygens (including phenoxy) is 1. The molecule has 1 saturated heterocycles. The molecule has 1 N–H and O–H groups in total. The van der Waals surface area contributed by atoms with Crippen LogP contribution in [0.2, 0.25) is 0 Å². The molecule has 0 unspecified atom stereocenters. The van der Waals surface area contributed by atoms with Gasteiger partial charge < -0.3 is 19.9 Å². The second-order valence-corrected chi connectivity index (χ2v) is 9.20. The topological polar surface area (TPSA) is 70.6 Å². The van der Waals surface area contributed by atoms with Gasteiger partial charge in [-0.05, 0) is 30.2 Å². The van der Waals surface area contributed by atoms with E-state index in [0.717, 1.165) is 53.6 Å². The number of amides is 1. The summed E-state index contributed by atoms with van der Waals surface area (Å²) in [5.41, 5.74) is 1.16. The van der Waals surface area contributed by atoms with Crippen molar-refractivity contribution in [2.24, 2.45) is 5.92 Å². The van der Waals surface area contributed by atoms with Crippen LogP contribution in [0.3, 0.4) is 0 Å². The lowest BCUT2D eigenvalue weighted by molar-refractivity contribution is -0.128. The van der Waals surface area contributed by atoms with Gasteiger partial charge in [-0.2, -0.15) is 0 Å². The molecule has 1 amide bonds. The minimum absolute atomic E-state index is 0.159. The molecule has 1 aliphatic heterocycles. The fourth-order valence-corrected chi connectivity index (χ4v) is 4.51. The lowest BCUT2D eigenvalue weighted by Crippen LogP contribution is -2.49. The average Bonchev–Trinajstić information content (AvgIpc) is 3.18. The molecule has 1 aromatic carbocycles. The molecule has 0 bridgehead atoms. The van der Waals surface area contributed by atoms with Crippen molar-refractivity contribution in [2.75, 3.05) is 55.8 Å². The number of thioether (sulfide) groups is 1. The Bertz CT molecular complexity index is 758. The van der Waals surface area contributed by atoms with E-state index in [1.807, 2.05) is 17.0 Å². The highest BCUT2D eigenvalue weighted by Gasteiger charge is 2.21. The van der Waals surface area contributed by atoms with Gasteiger partial charge in [0, 0.05) is 38.4 Å². The Labute approximate surface area is 174 Å². The molecule has 7 nitrogen and oxygen atoms in total. The molecule has 2 heterocycles. The van der Waals surface area contributed by atoms with Gasteiger partial charge in [0.15, 0.2) is 4.34 Å². The highest BCUT2D eigenvalue weighted by Crippen LogP contribution is 2.26. The molecule has 0 aliphatic carbocycles. The van der Waals surface area contributed by atoms with Crippen LogP contribution in [0.15, 0.2) is 28.6 Å². The standard InChI is InChI=1S/C19H27N5O2S2/c1-14(2)12-20-18-21-22-19(28-18)27-13-17(25)24-10-8-23(9-11-24)15-4-6-16(26-3)7-5-15/h4-7,14H,8-13H2,1-3H3,(H,20,21). The van der Waals surface area contributed by atoms with E-state index < -0.39 is 0 Å². The van der Waals surface area contributed by atoms with Crippen LogP contribution in [0, 0.1) is 5.92 Å². The minimum Gasteiger partial charge on any atom is -0.497 e. The van der Waals surface area contributed by atoms with Crippen molar-refractivity contribution in [3.05, 3.63) is 24.3 Å². The van der Waals surface area contributed by atoms with E-state index in [9.17, 15) is 4.79 Å². The third kappa shape index (κ3) is 5.75. The van der Waals surface area contributed by atoms with E-state index in [2.05, 4.69) is 46.4 Å². The second kappa shape index (κ2) is 9.97. The number of carbonyl (C=O) groups is 1. The maximum atomic E-state index is 12.5. The summed E-state index contributed by atoms with van der Waals surface area (Å²) in [5, 5.41) is 12.4. The summed E-state index contributed by atoms with van der Waals surface area (Å²) in [6, 6.07) is 8.06. The minimum atomic E-state index is 0.159. The average molecular weight is 422 g/mol. The lowest BCUT2D eigenvalue weighted by atomic mass is 10.2. The number of nitrogens with one attached hydrogen (secondary N) is 1. The Kier molecular flexibility index (Phi) is 7.38. The molecule has 0 atom stereocenters. The van der Waals surface area contributed by atoms with E-state index in [1.165, 1.54) is 23.1 Å². The highest BCUT2D eigenvalue weighted by molar-refractivity contribution is 8.01. The van der Waals surface area contributed by atoms with Gasteiger partial charge in [-0.15, -0.1) is 10.2 Å². The van der Waals surface area contributed by atoms with Crippen molar-refractivity contribution < 1.29 is 9.53 Å². The van der Waals surface area contributed by atoms with Gasteiger partial charge >= 0.3 is 0 Å². The van der Waals surface area contributed by atoms with Crippen LogP contribution in [0.4, 0.5) is 10.8 Å². The Balaban J connectivity index is 1.42. The fraction of sp³-hybridized carbons (Fsp3) is 0.526. The molecule has 28 heavy (non-hydrogen) atoms. The van der Waals surface area contributed by atoms with Crippen LogP contribution in [0.1, 0.15) is 13.8 Å². The first kappa shape index (κ1) is 20.7. The zero-order chi connectivity index (χ0) is 19.9. The van der Waals surface area contributed by atoms with Crippen molar-refractivity contribution in [3.8, 4) is 5.75 Å². The molecule has 0 saturated carbocycles. The molecule has 1 fully saturated rings. The van der Waals surface area contributed by atoms with E-state index in [4.69, 9.17) is 4.74 Å². The number of anilines is 2. The molecule has 3 rings (SSSR count). The molecule has 1 aromatic heterocycles. The summed E-state index contributed by atoms with van der Waals surface area (Å²) in [5.74, 6) is 1.97. The van der Waals surface area contributed by atoms with Crippen LogP contribution in [-0.4, -0.2) is 66.6 Å². The van der Waals surface area contributed by atoms with E-state index in [0.29, 0.717) is 11.7 Å². The van der Waals surface area contributed by atoms with Gasteiger partial charge in [0.2, 0.25) is 11.0 Å². The van der Waals surface area contributed by atoms with Crippen molar-refractivity contribution in [1.82, 2.24) is 15.1 Å². The van der Waals surface area contributed by atoms with Crippen LogP contribution in [0.25, 0.3) is 0 Å². The Morgan fingerprint density at radius 2 is 1.93 bits per heavy atom. The van der Waals surface area contributed by atoms with Gasteiger partial charge in [0.05, 0.1) is 12.9 Å². The molecule has 1 aliphatic rings. The SMILES string of the molecule is COc1ccc(N2CCN(C(=O)CSc3nnc(NCC(C)C)s3)CC2)cc1. The van der Waals surface area contributed by atoms with E-state index in [1.54, 1.807) is 7.11 Å². The quantitative estimate of drug-likeness (QED) is 0.657. The highest BCUT2D eigenvalue weighted by atomic mass is 32.2. The number of hydrogen-bond donors (Lipinski definition) is 1. The van der Waals surface area contributed by atoms with Gasteiger partial charge in [-0.25, -0.2) is 0 Å². The third-order valence-corrected chi connectivity index (χ3v) is 6.46. The lowest BCUT2D eigenvalue weighted by Gasteiger charge is -2.36. The third-order valence-electron chi connectivity index (χ3n) is 4.46. The summed E-state index contributed by atoms with van der Waals surface area (Å²) < 4.78 is 6.04. The maximum absolute atomic E-state index is 12.5. The van der Waals surface area contributed by atoms with Crippen molar-refractivity contribution >= 4 is 39.8 Å². The van der Waals surface area contributed by atoms with Crippen LogP contribution in [-0.2, 0) is 4.79 Å². The zero-order valence-corrected chi connectivity index (χ0v) is 18.2. The summed E-state index contributed by atoms with van der Waals surface area (Å²) in [6.07, 6.45) is 0. The predicted molar refractivity (Wildman–Crippen MR) is 116 cm³/mol. The summed E-state index contributed by atoms with van der Waals surface area (Å²) >= 11 is 2.97. The van der Waals surface area contributed by atoms with Crippen LogP contribution < -0.4 is 15.0 Å². The Morgan fingerprint density at radius 1 is 1.21 bits per heavy atom. The number of rotatable bonds is 8. The Hall–Kier alpha value is -2.00. The molecule has 152 valence electrons.